The van der Waals surface area contributed by atoms with Crippen LogP contribution in [0.4, 0.5) is 0 Å². The average molecular weight is 560 g/mol. The van der Waals surface area contributed by atoms with E-state index in [0.29, 0.717) is 37.6 Å². The van der Waals surface area contributed by atoms with Crippen LogP contribution in [0.2, 0.25) is 18.1 Å². The van der Waals surface area contributed by atoms with Gasteiger partial charge in [-0.05, 0) is 49.2 Å². The highest BCUT2D eigenvalue weighted by molar-refractivity contribution is 6.74. The van der Waals surface area contributed by atoms with Crippen LogP contribution in [-0.2, 0) is 15.7 Å². The second kappa shape index (κ2) is 13.9. The van der Waals surface area contributed by atoms with Gasteiger partial charge in [-0.3, -0.25) is 4.79 Å². The molecule has 0 saturated heterocycles. The third kappa shape index (κ3) is 8.25. The molecule has 0 aliphatic heterocycles. The van der Waals surface area contributed by atoms with Crippen molar-refractivity contribution in [1.82, 2.24) is 14.5 Å². The minimum Gasteiger partial charge on any atom is -0.478 e. The van der Waals surface area contributed by atoms with Gasteiger partial charge < -0.3 is 23.7 Å². The molecule has 1 heterocycles. The summed E-state index contributed by atoms with van der Waals surface area (Å²) in [4.78, 5) is 44.4. The van der Waals surface area contributed by atoms with Crippen LogP contribution in [0, 0.1) is 0 Å². The fourth-order valence-electron chi connectivity index (χ4n) is 3.86. The number of esters is 1. The second-order valence-corrected chi connectivity index (χ2v) is 16.1. The predicted molar refractivity (Wildman–Crippen MR) is 155 cm³/mol. The lowest BCUT2D eigenvalue weighted by Crippen LogP contribution is -2.41. The lowest BCUT2D eigenvalue weighted by atomic mass is 10.0. The van der Waals surface area contributed by atoms with E-state index in [1.807, 2.05) is 4.90 Å². The van der Waals surface area contributed by atoms with E-state index in [1.54, 1.807) is 16.8 Å². The number of benzene rings is 1. The molecule has 39 heavy (non-hydrogen) atoms. The van der Waals surface area contributed by atoms with Crippen molar-refractivity contribution in [1.29, 1.82) is 0 Å². The number of imidazole rings is 1. The highest BCUT2D eigenvalue weighted by atomic mass is 28.4. The molecule has 9 nitrogen and oxygen atoms in total. The number of carboxylic acids is 1. The van der Waals surface area contributed by atoms with Crippen molar-refractivity contribution in [3.63, 3.8) is 0 Å². The van der Waals surface area contributed by atoms with Gasteiger partial charge >= 0.3 is 11.9 Å². The normalized spacial score (nSPS) is 11.9. The van der Waals surface area contributed by atoms with Gasteiger partial charge in [-0.1, -0.05) is 47.5 Å². The Hall–Kier alpha value is -2.98. The van der Waals surface area contributed by atoms with E-state index in [4.69, 9.17) is 9.16 Å². The molecule has 0 unspecified atom stereocenters. The van der Waals surface area contributed by atoms with Crippen LogP contribution in [0.1, 0.15) is 91.5 Å². The summed E-state index contributed by atoms with van der Waals surface area (Å²) in [6, 6.07) is 4.34. The van der Waals surface area contributed by atoms with Crippen LogP contribution in [0.15, 0.2) is 24.4 Å². The van der Waals surface area contributed by atoms with E-state index in [9.17, 15) is 19.5 Å². The van der Waals surface area contributed by atoms with E-state index in [-0.39, 0.29) is 27.8 Å². The molecular formula is C29H45N3O6Si. The van der Waals surface area contributed by atoms with Gasteiger partial charge in [-0.15, -0.1) is 0 Å². The second-order valence-electron chi connectivity index (χ2n) is 11.3. The highest BCUT2D eigenvalue weighted by Gasteiger charge is 2.37. The SMILES string of the molecule is CCCCN(CCCC)C(=O)c1cn(CCO[Si](C)(C)C(C)(C)C)c(-c2ccc(C(=O)OC)cc2C(=O)O)n1. The fraction of sp³-hybridized carbons (Fsp3) is 0.586. The maximum atomic E-state index is 13.6. The molecule has 10 heteroatoms. The van der Waals surface area contributed by atoms with Crippen LogP contribution in [0.25, 0.3) is 11.4 Å². The first kappa shape index (κ1) is 32.2. The third-order valence-corrected chi connectivity index (χ3v) is 11.9. The fourth-order valence-corrected chi connectivity index (χ4v) is 4.89. The topological polar surface area (TPSA) is 111 Å². The van der Waals surface area contributed by atoms with Gasteiger partial charge in [0.1, 0.15) is 11.5 Å². The Morgan fingerprint density at radius 2 is 1.69 bits per heavy atom. The average Bonchev–Trinajstić information content (AvgIpc) is 3.30. The van der Waals surface area contributed by atoms with Crippen molar-refractivity contribution in [3.8, 4) is 11.4 Å². The summed E-state index contributed by atoms with van der Waals surface area (Å²) in [5.41, 5.74) is 0.607. The molecule has 0 aliphatic carbocycles. The quantitative estimate of drug-likeness (QED) is 0.220. The van der Waals surface area contributed by atoms with Crippen molar-refractivity contribution in [2.24, 2.45) is 0 Å². The van der Waals surface area contributed by atoms with Crippen molar-refractivity contribution in [3.05, 3.63) is 41.2 Å². The van der Waals surface area contributed by atoms with Crippen LogP contribution in [-0.4, -0.2) is 72.5 Å². The molecule has 2 aromatic rings. The number of aromatic nitrogens is 2. The molecule has 1 amide bonds. The lowest BCUT2D eigenvalue weighted by molar-refractivity contribution is 0.0600. The maximum Gasteiger partial charge on any atom is 0.337 e. The van der Waals surface area contributed by atoms with Crippen molar-refractivity contribution < 1.29 is 28.7 Å². The number of ether oxygens (including phenoxy) is 1. The standard InChI is InChI=1S/C29H45N3O6Si/c1-9-11-15-31(16-12-10-2)26(33)24-20-32(17-18-38-39(7,8)29(3,4)5)25(30-24)22-14-13-21(28(36)37-6)19-23(22)27(34)35/h13-14,19-20H,9-12,15-18H2,1-8H3,(H,34,35). The smallest absolute Gasteiger partial charge is 0.337 e. The largest absolute Gasteiger partial charge is 0.478 e. The number of methoxy groups -OCH3 is 1. The van der Waals surface area contributed by atoms with Crippen LogP contribution >= 0.6 is 0 Å². The monoisotopic (exact) mass is 559 g/mol. The summed E-state index contributed by atoms with van der Waals surface area (Å²) in [7, 11) is -0.783. The van der Waals surface area contributed by atoms with E-state index in [1.165, 1.54) is 19.2 Å². The number of unbranched alkanes of at least 4 members (excludes halogenated alkanes) is 2. The van der Waals surface area contributed by atoms with E-state index in [0.717, 1.165) is 25.7 Å². The summed E-state index contributed by atoms with van der Waals surface area (Å²) in [6.45, 7) is 17.1. The molecule has 0 saturated carbocycles. The van der Waals surface area contributed by atoms with Crippen molar-refractivity contribution >= 4 is 26.2 Å². The van der Waals surface area contributed by atoms with Crippen molar-refractivity contribution in [2.45, 2.75) is 85.0 Å². The molecule has 0 atom stereocenters. The van der Waals surface area contributed by atoms with Gasteiger partial charge in [0.2, 0.25) is 0 Å². The van der Waals surface area contributed by atoms with Crippen molar-refractivity contribution in [2.75, 3.05) is 26.8 Å². The van der Waals surface area contributed by atoms with Gasteiger partial charge in [0.15, 0.2) is 8.32 Å². The number of hydrogen-bond donors (Lipinski definition) is 1. The maximum absolute atomic E-state index is 13.6. The van der Waals surface area contributed by atoms with Crippen LogP contribution in [0.5, 0.6) is 0 Å². The number of nitrogens with zero attached hydrogens (tertiary/aromatic N) is 3. The van der Waals surface area contributed by atoms with E-state index < -0.39 is 20.3 Å². The van der Waals surface area contributed by atoms with Gasteiger partial charge in [-0.25, -0.2) is 14.6 Å². The molecule has 0 bridgehead atoms. The number of rotatable bonds is 14. The van der Waals surface area contributed by atoms with Gasteiger partial charge in [0.05, 0.1) is 24.8 Å². The third-order valence-electron chi connectivity index (χ3n) is 7.36. The van der Waals surface area contributed by atoms with E-state index >= 15 is 0 Å². The summed E-state index contributed by atoms with van der Waals surface area (Å²) < 4.78 is 12.9. The highest BCUT2D eigenvalue weighted by Crippen LogP contribution is 2.36. The number of aromatic carboxylic acids is 1. The molecular weight excluding hydrogens is 514 g/mol. The predicted octanol–water partition coefficient (Wildman–Crippen LogP) is 6.10. The molecule has 216 valence electrons. The lowest BCUT2D eigenvalue weighted by Gasteiger charge is -2.36. The Kier molecular flexibility index (Phi) is 11.5. The first-order chi connectivity index (χ1) is 18.3. The summed E-state index contributed by atoms with van der Waals surface area (Å²) >= 11 is 0. The Labute approximate surface area is 233 Å². The Morgan fingerprint density at radius 3 is 2.21 bits per heavy atom. The molecule has 0 aliphatic rings. The summed E-state index contributed by atoms with van der Waals surface area (Å²) in [5.74, 6) is -1.67. The zero-order chi connectivity index (χ0) is 29.4. The molecule has 1 aromatic carbocycles. The molecule has 2 rings (SSSR count). The minimum absolute atomic E-state index is 0.0329. The zero-order valence-electron chi connectivity index (χ0n) is 24.8. The number of amides is 1. The summed E-state index contributed by atoms with van der Waals surface area (Å²) in [6.07, 6.45) is 5.41. The number of carbonyl (C=O) groups is 3. The van der Waals surface area contributed by atoms with E-state index in [2.05, 4.69) is 52.7 Å². The van der Waals surface area contributed by atoms with Crippen LogP contribution in [0.3, 0.4) is 0 Å². The Morgan fingerprint density at radius 1 is 1.08 bits per heavy atom. The first-order valence-electron chi connectivity index (χ1n) is 13.7. The molecule has 0 radical (unpaired) electrons. The molecule has 1 aromatic heterocycles. The molecule has 0 fully saturated rings. The number of carboxylic acid groups (broad SMARTS) is 1. The first-order valence-corrected chi connectivity index (χ1v) is 16.6. The Balaban J connectivity index is 2.56. The van der Waals surface area contributed by atoms with Gasteiger partial charge in [0.25, 0.3) is 5.91 Å². The minimum atomic E-state index is -2.03. The number of carbonyl (C=O) groups excluding carboxylic acids is 2. The van der Waals surface area contributed by atoms with Gasteiger partial charge in [0, 0.05) is 31.4 Å². The Bertz CT molecular complexity index is 1140. The molecule has 0 spiro atoms. The summed E-state index contributed by atoms with van der Waals surface area (Å²) in [5, 5.41) is 10.0. The van der Waals surface area contributed by atoms with Gasteiger partial charge in [-0.2, -0.15) is 0 Å². The zero-order valence-corrected chi connectivity index (χ0v) is 25.8. The molecule has 1 N–H and O–H groups in total. The van der Waals surface area contributed by atoms with Crippen LogP contribution < -0.4 is 0 Å². The number of hydrogen-bond acceptors (Lipinski definition) is 6.